The highest BCUT2D eigenvalue weighted by Gasteiger charge is 2.74. The van der Waals surface area contributed by atoms with Gasteiger partial charge in [0.15, 0.2) is 0 Å². The molecule has 4 heteroatoms. The maximum absolute atomic E-state index is 12.7. The third-order valence-electron chi connectivity index (χ3n) is 9.01. The van der Waals surface area contributed by atoms with Crippen LogP contribution in [0.2, 0.25) is 0 Å². The number of hydrogen-bond acceptors (Lipinski definition) is 4. The van der Waals surface area contributed by atoms with Crippen molar-refractivity contribution in [3.63, 3.8) is 0 Å². The van der Waals surface area contributed by atoms with Crippen LogP contribution in [0.4, 0.5) is 0 Å². The Labute approximate surface area is 150 Å². The SMILES string of the molecule is COC(=O)[C@]1(C)CCC[C@@]2(C)C3=CC[C@]45C[C@@]3(CC[C@H]12)C[C@@]4(O)CO5. The van der Waals surface area contributed by atoms with Gasteiger partial charge in [0.25, 0.3) is 0 Å². The number of methoxy groups -OCH3 is 1. The normalized spacial score (nSPS) is 56.0. The first-order chi connectivity index (χ1) is 11.7. The van der Waals surface area contributed by atoms with E-state index in [1.165, 1.54) is 12.7 Å². The van der Waals surface area contributed by atoms with E-state index in [0.29, 0.717) is 12.5 Å². The van der Waals surface area contributed by atoms with Gasteiger partial charge in [-0.3, -0.25) is 4.79 Å². The molecule has 4 aliphatic carbocycles. The molecule has 4 fully saturated rings. The van der Waals surface area contributed by atoms with Crippen molar-refractivity contribution >= 4 is 5.97 Å². The average Bonchev–Trinajstić information content (AvgIpc) is 2.69. The third-order valence-corrected chi connectivity index (χ3v) is 9.01. The number of allylic oxidation sites excluding steroid dienone is 1. The standard InChI is InChI=1S/C21H30O4/c1-17-7-4-8-18(2,16(22)24-3)14(17)5-9-19-11-20(23)13-25-21(20,12-19)10-6-15(17)19/h6,14,23H,4-5,7-13H2,1-3H3/t14-,17+,18+,19+,20+,21-/m0/s1. The molecule has 0 aromatic carbocycles. The largest absolute Gasteiger partial charge is 0.469 e. The number of fused-ring (bicyclic) bond motifs is 2. The minimum Gasteiger partial charge on any atom is -0.469 e. The Morgan fingerprint density at radius 3 is 2.76 bits per heavy atom. The summed E-state index contributed by atoms with van der Waals surface area (Å²) in [5, 5.41) is 11.1. The number of carbonyl (C=O) groups is 1. The zero-order chi connectivity index (χ0) is 17.7. The first-order valence-corrected chi connectivity index (χ1v) is 9.90. The molecule has 3 saturated carbocycles. The lowest BCUT2D eigenvalue weighted by Crippen LogP contribution is -2.65. The molecule has 0 radical (unpaired) electrons. The third kappa shape index (κ3) is 1.65. The predicted octanol–water partition coefficient (Wildman–Crippen LogP) is 3.38. The second-order valence-electron chi connectivity index (χ2n) is 10.0. The highest BCUT2D eigenvalue weighted by molar-refractivity contribution is 5.77. The summed E-state index contributed by atoms with van der Waals surface area (Å²) in [5.41, 5.74) is 0.326. The Morgan fingerprint density at radius 2 is 2.08 bits per heavy atom. The van der Waals surface area contributed by atoms with E-state index in [-0.39, 0.29) is 27.8 Å². The van der Waals surface area contributed by atoms with Gasteiger partial charge in [-0.25, -0.2) is 0 Å². The van der Waals surface area contributed by atoms with Gasteiger partial charge >= 0.3 is 5.97 Å². The van der Waals surface area contributed by atoms with Crippen LogP contribution in [0, 0.1) is 22.2 Å². The molecule has 6 atom stereocenters. The molecule has 5 aliphatic rings. The number of ether oxygens (including phenoxy) is 2. The van der Waals surface area contributed by atoms with Gasteiger partial charge in [-0.1, -0.05) is 25.0 Å². The Kier molecular flexibility index (Phi) is 2.94. The van der Waals surface area contributed by atoms with Crippen molar-refractivity contribution in [2.75, 3.05) is 13.7 Å². The number of hydrogen-bond donors (Lipinski definition) is 1. The van der Waals surface area contributed by atoms with E-state index >= 15 is 0 Å². The van der Waals surface area contributed by atoms with Crippen molar-refractivity contribution in [1.29, 1.82) is 0 Å². The minimum absolute atomic E-state index is 0.0410. The maximum Gasteiger partial charge on any atom is 0.311 e. The lowest BCUT2D eigenvalue weighted by molar-refractivity contribution is -0.286. The highest BCUT2D eigenvalue weighted by Crippen LogP contribution is 2.74. The zero-order valence-electron chi connectivity index (χ0n) is 15.7. The van der Waals surface area contributed by atoms with Gasteiger partial charge in [-0.15, -0.1) is 0 Å². The molecule has 1 aliphatic heterocycles. The topological polar surface area (TPSA) is 55.8 Å². The zero-order valence-corrected chi connectivity index (χ0v) is 15.7. The molecule has 1 saturated heterocycles. The van der Waals surface area contributed by atoms with Crippen LogP contribution in [0.1, 0.15) is 65.2 Å². The van der Waals surface area contributed by atoms with E-state index in [4.69, 9.17) is 9.47 Å². The van der Waals surface area contributed by atoms with E-state index in [0.717, 1.165) is 51.4 Å². The molecule has 138 valence electrons. The Balaban J connectivity index is 1.58. The predicted molar refractivity (Wildman–Crippen MR) is 92.8 cm³/mol. The van der Waals surface area contributed by atoms with E-state index < -0.39 is 5.60 Å². The van der Waals surface area contributed by atoms with Crippen molar-refractivity contribution in [3.05, 3.63) is 11.6 Å². The Bertz CT molecular complexity index is 681. The first kappa shape index (κ1) is 16.3. The van der Waals surface area contributed by atoms with Gasteiger partial charge in [0.05, 0.1) is 19.1 Å². The fourth-order valence-electron chi connectivity index (χ4n) is 7.92. The summed E-state index contributed by atoms with van der Waals surface area (Å²) in [5.74, 6) is 0.293. The van der Waals surface area contributed by atoms with E-state index in [1.807, 2.05) is 0 Å². The quantitative estimate of drug-likeness (QED) is 0.584. The van der Waals surface area contributed by atoms with Gasteiger partial charge in [0.2, 0.25) is 0 Å². The van der Waals surface area contributed by atoms with Gasteiger partial charge in [0, 0.05) is 0 Å². The number of esters is 1. The molecule has 4 nitrogen and oxygen atoms in total. The van der Waals surface area contributed by atoms with Gasteiger partial charge in [0.1, 0.15) is 11.2 Å². The molecule has 5 rings (SSSR count). The molecule has 0 unspecified atom stereocenters. The molecular formula is C21H30O4. The second kappa shape index (κ2) is 4.51. The van der Waals surface area contributed by atoms with Crippen LogP contribution in [0.3, 0.4) is 0 Å². The van der Waals surface area contributed by atoms with Crippen molar-refractivity contribution in [3.8, 4) is 0 Å². The van der Waals surface area contributed by atoms with Gasteiger partial charge in [-0.2, -0.15) is 0 Å². The molecule has 1 heterocycles. The van der Waals surface area contributed by atoms with Gasteiger partial charge < -0.3 is 14.6 Å². The average molecular weight is 346 g/mol. The smallest absolute Gasteiger partial charge is 0.311 e. The van der Waals surface area contributed by atoms with Crippen molar-refractivity contribution in [1.82, 2.24) is 0 Å². The summed E-state index contributed by atoms with van der Waals surface area (Å²) < 4.78 is 11.2. The lowest BCUT2D eigenvalue weighted by Gasteiger charge is -2.60. The molecule has 2 bridgehead atoms. The second-order valence-corrected chi connectivity index (χ2v) is 10.0. The van der Waals surface area contributed by atoms with Crippen LogP contribution in [-0.2, 0) is 14.3 Å². The maximum atomic E-state index is 12.7. The van der Waals surface area contributed by atoms with Crippen LogP contribution in [0.15, 0.2) is 11.6 Å². The fourth-order valence-corrected chi connectivity index (χ4v) is 7.92. The summed E-state index contributed by atoms with van der Waals surface area (Å²) in [6, 6.07) is 0. The molecule has 1 N–H and O–H groups in total. The molecule has 2 spiro atoms. The number of rotatable bonds is 1. The van der Waals surface area contributed by atoms with Crippen molar-refractivity contribution < 1.29 is 19.4 Å². The van der Waals surface area contributed by atoms with Gasteiger partial charge in [-0.05, 0) is 68.6 Å². The molecule has 25 heavy (non-hydrogen) atoms. The van der Waals surface area contributed by atoms with Crippen LogP contribution in [0.25, 0.3) is 0 Å². The summed E-state index contributed by atoms with van der Waals surface area (Å²) in [6.07, 6.45) is 10.3. The van der Waals surface area contributed by atoms with Crippen LogP contribution in [0.5, 0.6) is 0 Å². The van der Waals surface area contributed by atoms with Crippen LogP contribution >= 0.6 is 0 Å². The summed E-state index contributed by atoms with van der Waals surface area (Å²) in [7, 11) is 1.52. The number of aliphatic hydroxyl groups is 1. The molecule has 0 aromatic heterocycles. The van der Waals surface area contributed by atoms with E-state index in [9.17, 15) is 9.90 Å². The Hall–Kier alpha value is -0.870. The minimum atomic E-state index is -0.630. The van der Waals surface area contributed by atoms with E-state index in [1.54, 1.807) is 0 Å². The highest BCUT2D eigenvalue weighted by atomic mass is 16.6. The molecular weight excluding hydrogens is 316 g/mol. The lowest BCUT2D eigenvalue weighted by atomic mass is 9.44. The summed E-state index contributed by atoms with van der Waals surface area (Å²) in [4.78, 5) is 12.7. The van der Waals surface area contributed by atoms with Crippen molar-refractivity contribution in [2.24, 2.45) is 22.2 Å². The van der Waals surface area contributed by atoms with Crippen LogP contribution < -0.4 is 0 Å². The monoisotopic (exact) mass is 346 g/mol. The Morgan fingerprint density at radius 1 is 1.28 bits per heavy atom. The molecule has 0 amide bonds. The number of carbonyl (C=O) groups excluding carboxylic acids is 1. The van der Waals surface area contributed by atoms with Crippen molar-refractivity contribution in [2.45, 2.75) is 76.4 Å². The van der Waals surface area contributed by atoms with Crippen LogP contribution in [-0.4, -0.2) is 36.0 Å². The first-order valence-electron chi connectivity index (χ1n) is 9.90. The van der Waals surface area contributed by atoms with E-state index in [2.05, 4.69) is 19.9 Å². The fraction of sp³-hybridized carbons (Fsp3) is 0.857. The summed E-state index contributed by atoms with van der Waals surface area (Å²) in [6.45, 7) is 5.00. The molecule has 0 aromatic rings. The summed E-state index contributed by atoms with van der Waals surface area (Å²) >= 11 is 0.